The lowest BCUT2D eigenvalue weighted by Gasteiger charge is -2.14. The highest BCUT2D eigenvalue weighted by atomic mass is 16.2. The van der Waals surface area contributed by atoms with Crippen LogP contribution in [0, 0.1) is 0 Å². The summed E-state index contributed by atoms with van der Waals surface area (Å²) >= 11 is 0. The molecule has 0 bridgehead atoms. The first kappa shape index (κ1) is 12.4. The number of amides is 1. The van der Waals surface area contributed by atoms with Crippen LogP contribution >= 0.6 is 0 Å². The van der Waals surface area contributed by atoms with Crippen LogP contribution in [0.25, 0.3) is 0 Å². The molecule has 86 valence electrons. The third-order valence-electron chi connectivity index (χ3n) is 2.20. The van der Waals surface area contributed by atoms with E-state index in [-0.39, 0.29) is 5.91 Å². The summed E-state index contributed by atoms with van der Waals surface area (Å²) in [6.45, 7) is 1.58. The van der Waals surface area contributed by atoms with Crippen LogP contribution < -0.4 is 11.1 Å². The van der Waals surface area contributed by atoms with Gasteiger partial charge in [-0.05, 0) is 18.9 Å². The molecule has 1 rings (SSSR count). The third-order valence-corrected chi connectivity index (χ3v) is 2.20. The molecule has 16 heavy (non-hydrogen) atoms. The topological polar surface area (TPSA) is 72.2 Å². The maximum absolute atomic E-state index is 11.3. The summed E-state index contributed by atoms with van der Waals surface area (Å²) in [5.74, 6) is -0.312. The van der Waals surface area contributed by atoms with Crippen molar-refractivity contribution in [3.05, 3.63) is 35.9 Å². The lowest BCUT2D eigenvalue weighted by Crippen LogP contribution is -2.45. The van der Waals surface area contributed by atoms with Gasteiger partial charge < -0.3 is 15.8 Å². The first-order chi connectivity index (χ1) is 7.63. The summed E-state index contributed by atoms with van der Waals surface area (Å²) in [6, 6.07) is 8.40. The molecule has 0 aliphatic rings. The van der Waals surface area contributed by atoms with Crippen LogP contribution in [-0.2, 0) is 16.0 Å². The molecule has 1 aromatic rings. The van der Waals surface area contributed by atoms with Crippen molar-refractivity contribution in [1.82, 2.24) is 5.32 Å². The number of hydrogen-bond donors (Lipinski definition) is 2. The normalized spacial score (nSPS) is 13.9. The second kappa shape index (κ2) is 6.02. The Bertz CT molecular complexity index is 349. The fourth-order valence-electron chi connectivity index (χ4n) is 1.32. The van der Waals surface area contributed by atoms with Crippen LogP contribution in [0.2, 0.25) is 0 Å². The first-order valence-corrected chi connectivity index (χ1v) is 5.18. The zero-order valence-corrected chi connectivity index (χ0v) is 9.22. The van der Waals surface area contributed by atoms with Crippen molar-refractivity contribution in [3.8, 4) is 0 Å². The van der Waals surface area contributed by atoms with Gasteiger partial charge in [-0.15, -0.1) is 0 Å². The van der Waals surface area contributed by atoms with Crippen LogP contribution in [0.15, 0.2) is 30.3 Å². The Labute approximate surface area is 94.8 Å². The average Bonchev–Trinajstić information content (AvgIpc) is 2.29. The van der Waals surface area contributed by atoms with E-state index in [4.69, 9.17) is 5.73 Å². The minimum Gasteiger partial charge on any atom is -0.345 e. The van der Waals surface area contributed by atoms with E-state index < -0.39 is 12.1 Å². The van der Waals surface area contributed by atoms with Crippen LogP contribution in [0.5, 0.6) is 0 Å². The second-order valence-corrected chi connectivity index (χ2v) is 3.73. The molecule has 1 aromatic carbocycles. The van der Waals surface area contributed by atoms with Gasteiger partial charge in [0.15, 0.2) is 0 Å². The zero-order chi connectivity index (χ0) is 12.0. The summed E-state index contributed by atoms with van der Waals surface area (Å²) in [5.41, 5.74) is 6.41. The van der Waals surface area contributed by atoms with Gasteiger partial charge in [0.1, 0.15) is 6.29 Å². The van der Waals surface area contributed by atoms with E-state index in [1.165, 1.54) is 0 Å². The fraction of sp³-hybridized carbons (Fsp3) is 0.333. The van der Waals surface area contributed by atoms with Gasteiger partial charge >= 0.3 is 0 Å². The summed E-state index contributed by atoms with van der Waals surface area (Å²) in [5, 5.41) is 2.58. The number of benzene rings is 1. The van der Waals surface area contributed by atoms with E-state index in [0.717, 1.165) is 11.8 Å². The number of rotatable bonds is 5. The largest absolute Gasteiger partial charge is 0.345 e. The first-order valence-electron chi connectivity index (χ1n) is 5.18. The predicted molar refractivity (Wildman–Crippen MR) is 61.8 cm³/mol. The van der Waals surface area contributed by atoms with Crippen LogP contribution in [0.4, 0.5) is 0 Å². The summed E-state index contributed by atoms with van der Waals surface area (Å²) in [6.07, 6.45) is 1.22. The number of nitrogens with two attached hydrogens (primary N) is 1. The number of aldehydes is 1. The van der Waals surface area contributed by atoms with E-state index >= 15 is 0 Å². The highest BCUT2D eigenvalue weighted by Crippen LogP contribution is 2.01. The molecule has 1 amide bonds. The van der Waals surface area contributed by atoms with Crippen LogP contribution in [0.1, 0.15) is 12.5 Å². The molecular weight excluding hydrogens is 204 g/mol. The summed E-state index contributed by atoms with van der Waals surface area (Å²) in [7, 11) is 0. The molecule has 0 heterocycles. The smallest absolute Gasteiger partial charge is 0.237 e. The standard InChI is InChI=1S/C12H16N2O2/c1-9(13)12(16)14-11(8-15)7-10-5-3-2-4-6-10/h2-6,8-9,11H,7,13H2,1H3,(H,14,16)/t9-,11+/m1/s1. The SMILES string of the molecule is C[C@@H](N)C(=O)N[C@H](C=O)Cc1ccccc1. The van der Waals surface area contributed by atoms with Gasteiger partial charge in [-0.1, -0.05) is 30.3 Å². The molecule has 0 radical (unpaired) electrons. The fourth-order valence-corrected chi connectivity index (χ4v) is 1.32. The van der Waals surface area contributed by atoms with E-state index in [0.29, 0.717) is 6.42 Å². The van der Waals surface area contributed by atoms with Crippen LogP contribution in [0.3, 0.4) is 0 Å². The van der Waals surface area contributed by atoms with Gasteiger partial charge in [-0.25, -0.2) is 0 Å². The van der Waals surface area contributed by atoms with Gasteiger partial charge in [0.2, 0.25) is 5.91 Å². The van der Waals surface area contributed by atoms with Gasteiger partial charge in [0.25, 0.3) is 0 Å². The maximum atomic E-state index is 11.3. The minimum atomic E-state index is -0.599. The Balaban J connectivity index is 2.56. The quantitative estimate of drug-likeness (QED) is 0.699. The highest BCUT2D eigenvalue weighted by Gasteiger charge is 2.14. The summed E-state index contributed by atoms with van der Waals surface area (Å²) < 4.78 is 0. The number of carbonyl (C=O) groups excluding carboxylic acids is 2. The number of hydrogen-bond acceptors (Lipinski definition) is 3. The molecule has 2 atom stereocenters. The molecule has 4 nitrogen and oxygen atoms in total. The van der Waals surface area contributed by atoms with Gasteiger partial charge in [0, 0.05) is 0 Å². The van der Waals surface area contributed by atoms with Gasteiger partial charge in [-0.2, -0.15) is 0 Å². The van der Waals surface area contributed by atoms with E-state index in [1.54, 1.807) is 6.92 Å². The minimum absolute atomic E-state index is 0.312. The highest BCUT2D eigenvalue weighted by molar-refractivity contribution is 5.83. The van der Waals surface area contributed by atoms with Crippen molar-refractivity contribution in [2.24, 2.45) is 5.73 Å². The van der Waals surface area contributed by atoms with Crippen molar-refractivity contribution < 1.29 is 9.59 Å². The lowest BCUT2D eigenvalue weighted by molar-refractivity contribution is -0.124. The Morgan fingerprint density at radius 2 is 2.06 bits per heavy atom. The zero-order valence-electron chi connectivity index (χ0n) is 9.22. The Morgan fingerprint density at radius 3 is 2.56 bits per heavy atom. The van der Waals surface area contributed by atoms with Crippen LogP contribution in [-0.4, -0.2) is 24.3 Å². The Morgan fingerprint density at radius 1 is 1.44 bits per heavy atom. The van der Waals surface area contributed by atoms with E-state index in [9.17, 15) is 9.59 Å². The molecule has 0 fully saturated rings. The lowest BCUT2D eigenvalue weighted by atomic mass is 10.1. The van der Waals surface area contributed by atoms with Gasteiger partial charge in [0.05, 0.1) is 12.1 Å². The molecule has 4 heteroatoms. The number of nitrogens with one attached hydrogen (secondary N) is 1. The van der Waals surface area contributed by atoms with Crippen molar-refractivity contribution in [3.63, 3.8) is 0 Å². The molecule has 0 aromatic heterocycles. The Hall–Kier alpha value is -1.68. The molecule has 0 unspecified atom stereocenters. The monoisotopic (exact) mass is 220 g/mol. The molecule has 0 saturated carbocycles. The van der Waals surface area contributed by atoms with Crippen molar-refractivity contribution >= 4 is 12.2 Å². The third kappa shape index (κ3) is 3.82. The molecule has 3 N–H and O–H groups in total. The maximum Gasteiger partial charge on any atom is 0.237 e. The van der Waals surface area contributed by atoms with Crippen molar-refractivity contribution in [2.45, 2.75) is 25.4 Å². The molecular formula is C12H16N2O2. The summed E-state index contributed by atoms with van der Waals surface area (Å²) in [4.78, 5) is 22.1. The van der Waals surface area contributed by atoms with E-state index in [2.05, 4.69) is 5.32 Å². The molecule has 0 saturated heterocycles. The Kier molecular flexibility index (Phi) is 4.66. The average molecular weight is 220 g/mol. The van der Waals surface area contributed by atoms with Gasteiger partial charge in [-0.3, -0.25) is 4.79 Å². The molecule has 0 aliphatic heterocycles. The van der Waals surface area contributed by atoms with Crippen molar-refractivity contribution in [2.75, 3.05) is 0 Å². The molecule has 0 aliphatic carbocycles. The predicted octanol–water partition coefficient (Wildman–Crippen LogP) is 0.260. The second-order valence-electron chi connectivity index (χ2n) is 3.73. The van der Waals surface area contributed by atoms with Crippen molar-refractivity contribution in [1.29, 1.82) is 0 Å². The van der Waals surface area contributed by atoms with E-state index in [1.807, 2.05) is 30.3 Å². The molecule has 0 spiro atoms. The number of carbonyl (C=O) groups is 2.